The van der Waals surface area contributed by atoms with Crippen LogP contribution in [0.25, 0.3) is 0 Å². The average Bonchev–Trinajstić information content (AvgIpc) is 2.97. The molecule has 0 aromatic heterocycles. The Hall–Kier alpha value is -0.860. The molecule has 1 aliphatic rings. The molecule has 1 N–H and O–H groups in total. The van der Waals surface area contributed by atoms with Crippen LogP contribution in [0.15, 0.2) is 18.2 Å². The fraction of sp³-hybridized carbons (Fsp3) is 0.684. The summed E-state index contributed by atoms with van der Waals surface area (Å²) in [5.74, 6) is 0. The number of benzene rings is 1. The Labute approximate surface area is 130 Å². The van der Waals surface area contributed by atoms with Crippen LogP contribution in [0, 0.1) is 13.8 Å². The molecule has 2 atom stereocenters. The lowest BCUT2D eigenvalue weighted by Gasteiger charge is -2.23. The summed E-state index contributed by atoms with van der Waals surface area (Å²) in [6.07, 6.45) is 7.90. The van der Waals surface area contributed by atoms with Gasteiger partial charge in [-0.2, -0.15) is 0 Å². The highest BCUT2D eigenvalue weighted by Crippen LogP contribution is 2.27. The maximum atomic E-state index is 5.75. The van der Waals surface area contributed by atoms with Gasteiger partial charge in [0.2, 0.25) is 0 Å². The largest absolute Gasteiger partial charge is 0.378 e. The average molecular weight is 289 g/mol. The lowest BCUT2D eigenvalue weighted by molar-refractivity contribution is 0.101. The molecule has 2 rings (SSSR count). The molecule has 2 nitrogen and oxygen atoms in total. The Balaban J connectivity index is 1.96. The number of nitrogens with one attached hydrogen (secondary N) is 1. The summed E-state index contributed by atoms with van der Waals surface area (Å²) in [6, 6.07) is 7.14. The predicted molar refractivity (Wildman–Crippen MR) is 89.8 cm³/mol. The van der Waals surface area contributed by atoms with E-state index in [-0.39, 0.29) is 0 Å². The molecule has 1 fully saturated rings. The van der Waals surface area contributed by atoms with Crippen LogP contribution in [0.4, 0.5) is 0 Å². The van der Waals surface area contributed by atoms with E-state index >= 15 is 0 Å². The number of rotatable bonds is 8. The van der Waals surface area contributed by atoms with Crippen LogP contribution in [0.3, 0.4) is 0 Å². The summed E-state index contributed by atoms with van der Waals surface area (Å²) in [7, 11) is 0. The van der Waals surface area contributed by atoms with Crippen LogP contribution < -0.4 is 5.32 Å². The Morgan fingerprint density at radius 2 is 2.05 bits per heavy atom. The second-order valence-electron chi connectivity index (χ2n) is 6.38. The zero-order valence-electron chi connectivity index (χ0n) is 14.0. The lowest BCUT2D eigenvalue weighted by Crippen LogP contribution is -2.24. The first-order chi connectivity index (χ1) is 10.2. The van der Waals surface area contributed by atoms with Crippen LogP contribution in [-0.4, -0.2) is 19.3 Å². The second-order valence-corrected chi connectivity index (χ2v) is 6.38. The van der Waals surface area contributed by atoms with E-state index in [0.717, 1.165) is 13.2 Å². The van der Waals surface area contributed by atoms with E-state index in [1.54, 1.807) is 0 Å². The van der Waals surface area contributed by atoms with Gasteiger partial charge < -0.3 is 10.1 Å². The van der Waals surface area contributed by atoms with E-state index in [1.807, 2.05) is 0 Å². The van der Waals surface area contributed by atoms with E-state index in [4.69, 9.17) is 4.74 Å². The molecule has 0 saturated carbocycles. The monoisotopic (exact) mass is 289 g/mol. The van der Waals surface area contributed by atoms with E-state index in [2.05, 4.69) is 44.3 Å². The maximum Gasteiger partial charge on any atom is 0.0576 e. The molecule has 118 valence electrons. The van der Waals surface area contributed by atoms with Crippen molar-refractivity contribution in [3.8, 4) is 0 Å². The molecule has 0 spiro atoms. The summed E-state index contributed by atoms with van der Waals surface area (Å²) >= 11 is 0. The van der Waals surface area contributed by atoms with Crippen molar-refractivity contribution in [2.24, 2.45) is 0 Å². The minimum atomic E-state index is 0.493. The van der Waals surface area contributed by atoms with Gasteiger partial charge in [0.1, 0.15) is 0 Å². The minimum absolute atomic E-state index is 0.493. The molecule has 2 heteroatoms. The SMILES string of the molecule is CCCNC(CCCC1CCCO1)c1c(C)cccc1C. The Bertz CT molecular complexity index is 403. The third kappa shape index (κ3) is 4.82. The molecule has 0 aliphatic carbocycles. The van der Waals surface area contributed by atoms with Crippen molar-refractivity contribution in [2.75, 3.05) is 13.2 Å². The Morgan fingerprint density at radius 3 is 2.67 bits per heavy atom. The van der Waals surface area contributed by atoms with Crippen molar-refractivity contribution in [3.05, 3.63) is 34.9 Å². The second kappa shape index (κ2) is 8.55. The molecular weight excluding hydrogens is 258 g/mol. The van der Waals surface area contributed by atoms with Crippen LogP contribution in [0.1, 0.15) is 68.2 Å². The fourth-order valence-corrected chi connectivity index (χ4v) is 3.47. The third-order valence-corrected chi connectivity index (χ3v) is 4.57. The molecule has 1 aromatic carbocycles. The first-order valence-electron chi connectivity index (χ1n) is 8.63. The molecule has 1 aromatic rings. The van der Waals surface area contributed by atoms with Gasteiger partial charge in [-0.25, -0.2) is 0 Å². The van der Waals surface area contributed by atoms with Crippen molar-refractivity contribution in [3.63, 3.8) is 0 Å². The van der Waals surface area contributed by atoms with Crippen LogP contribution in [-0.2, 0) is 4.74 Å². The fourth-order valence-electron chi connectivity index (χ4n) is 3.47. The van der Waals surface area contributed by atoms with E-state index < -0.39 is 0 Å². The molecule has 0 amide bonds. The molecular formula is C19H31NO. The Morgan fingerprint density at radius 1 is 1.29 bits per heavy atom. The lowest BCUT2D eigenvalue weighted by atomic mass is 9.92. The standard InChI is InChI=1S/C19H31NO/c1-4-13-20-18(12-6-10-17-11-7-14-21-17)19-15(2)8-5-9-16(19)3/h5,8-9,17-18,20H,4,6-7,10-14H2,1-3H3. The molecule has 21 heavy (non-hydrogen) atoms. The minimum Gasteiger partial charge on any atom is -0.378 e. The van der Waals surface area contributed by atoms with E-state index in [0.29, 0.717) is 12.1 Å². The summed E-state index contributed by atoms with van der Waals surface area (Å²) in [4.78, 5) is 0. The highest BCUT2D eigenvalue weighted by molar-refractivity contribution is 5.36. The highest BCUT2D eigenvalue weighted by atomic mass is 16.5. The summed E-state index contributed by atoms with van der Waals surface area (Å²) in [5.41, 5.74) is 4.35. The molecule has 1 saturated heterocycles. The van der Waals surface area contributed by atoms with Gasteiger partial charge in [0.15, 0.2) is 0 Å². The third-order valence-electron chi connectivity index (χ3n) is 4.57. The van der Waals surface area contributed by atoms with Gasteiger partial charge in [-0.15, -0.1) is 0 Å². The van der Waals surface area contributed by atoms with E-state index in [1.165, 1.54) is 55.2 Å². The van der Waals surface area contributed by atoms with Gasteiger partial charge in [-0.05, 0) is 75.6 Å². The Kier molecular flexibility index (Phi) is 6.72. The zero-order valence-corrected chi connectivity index (χ0v) is 14.0. The number of hydrogen-bond donors (Lipinski definition) is 1. The summed E-state index contributed by atoms with van der Waals surface area (Å²) in [5, 5.41) is 3.75. The quantitative estimate of drug-likeness (QED) is 0.749. The molecule has 1 heterocycles. The van der Waals surface area contributed by atoms with Gasteiger partial charge in [0.05, 0.1) is 6.10 Å². The predicted octanol–water partition coefficient (Wildman–Crippen LogP) is 4.69. The van der Waals surface area contributed by atoms with E-state index in [9.17, 15) is 0 Å². The van der Waals surface area contributed by atoms with Crippen molar-refractivity contribution in [2.45, 2.75) is 71.4 Å². The van der Waals surface area contributed by atoms with Crippen molar-refractivity contribution in [1.29, 1.82) is 0 Å². The maximum absolute atomic E-state index is 5.75. The van der Waals surface area contributed by atoms with Crippen molar-refractivity contribution in [1.82, 2.24) is 5.32 Å². The summed E-state index contributed by atoms with van der Waals surface area (Å²) in [6.45, 7) is 8.78. The van der Waals surface area contributed by atoms with Gasteiger partial charge in [0.25, 0.3) is 0 Å². The number of ether oxygens (including phenoxy) is 1. The highest BCUT2D eigenvalue weighted by Gasteiger charge is 2.18. The van der Waals surface area contributed by atoms with Crippen molar-refractivity contribution >= 4 is 0 Å². The smallest absolute Gasteiger partial charge is 0.0576 e. The molecule has 0 bridgehead atoms. The summed E-state index contributed by atoms with van der Waals surface area (Å²) < 4.78 is 5.75. The van der Waals surface area contributed by atoms with Gasteiger partial charge in [-0.1, -0.05) is 25.1 Å². The number of aryl methyl sites for hydroxylation is 2. The van der Waals surface area contributed by atoms with Crippen LogP contribution >= 0.6 is 0 Å². The van der Waals surface area contributed by atoms with Crippen molar-refractivity contribution < 1.29 is 4.74 Å². The first kappa shape index (κ1) is 16.5. The van der Waals surface area contributed by atoms with Gasteiger partial charge in [-0.3, -0.25) is 0 Å². The first-order valence-corrected chi connectivity index (χ1v) is 8.63. The molecule has 1 aliphatic heterocycles. The topological polar surface area (TPSA) is 21.3 Å². The normalized spacial score (nSPS) is 19.9. The van der Waals surface area contributed by atoms with Crippen LogP contribution in [0.2, 0.25) is 0 Å². The molecule has 0 radical (unpaired) electrons. The van der Waals surface area contributed by atoms with Gasteiger partial charge in [0, 0.05) is 12.6 Å². The molecule has 2 unspecified atom stereocenters. The van der Waals surface area contributed by atoms with Gasteiger partial charge >= 0.3 is 0 Å². The number of hydrogen-bond acceptors (Lipinski definition) is 2. The zero-order chi connectivity index (χ0) is 15.1. The van der Waals surface area contributed by atoms with Crippen LogP contribution in [0.5, 0.6) is 0 Å².